The minimum absolute atomic E-state index is 0.945. The Morgan fingerprint density at radius 3 is 1.91 bits per heavy atom. The summed E-state index contributed by atoms with van der Waals surface area (Å²) in [6.07, 6.45) is -5.73. The van der Waals surface area contributed by atoms with Crippen molar-refractivity contribution in [2.45, 2.75) is 12.6 Å². The molecule has 0 saturated carbocycles. The van der Waals surface area contributed by atoms with E-state index in [0.29, 0.717) is 0 Å². The zero-order chi connectivity index (χ0) is 9.12. The Kier molecular flexibility index (Phi) is 3.45. The Bertz CT molecular complexity index is 105. The monoisotopic (exact) mass is 192 g/mol. The van der Waals surface area contributed by atoms with Gasteiger partial charge in [0.2, 0.25) is 0 Å². The van der Waals surface area contributed by atoms with Crippen molar-refractivity contribution in [2.75, 3.05) is 6.61 Å². The van der Waals surface area contributed by atoms with Gasteiger partial charge in [-0.15, -0.1) is 0 Å². The SMILES string of the molecule is O[Si](O)(O)OCCC(F)(F)F. The largest absolute Gasteiger partial charge is 0.671 e. The molecule has 0 aliphatic heterocycles. The molecule has 0 radical (unpaired) electrons. The topological polar surface area (TPSA) is 69.9 Å². The van der Waals surface area contributed by atoms with Crippen molar-refractivity contribution in [3.05, 3.63) is 0 Å². The highest BCUT2D eigenvalue weighted by Crippen LogP contribution is 2.19. The third kappa shape index (κ3) is 9.85. The van der Waals surface area contributed by atoms with Crippen molar-refractivity contribution in [2.24, 2.45) is 0 Å². The molecule has 8 heteroatoms. The molecule has 0 saturated heterocycles. The zero-order valence-corrected chi connectivity index (χ0v) is 6.30. The Morgan fingerprint density at radius 1 is 1.18 bits per heavy atom. The van der Waals surface area contributed by atoms with Crippen LogP contribution >= 0.6 is 0 Å². The summed E-state index contributed by atoms with van der Waals surface area (Å²) < 4.78 is 37.7. The van der Waals surface area contributed by atoms with Gasteiger partial charge in [-0.2, -0.15) is 13.2 Å². The molecule has 0 spiro atoms. The van der Waals surface area contributed by atoms with E-state index < -0.39 is 28.3 Å². The van der Waals surface area contributed by atoms with E-state index in [0.717, 1.165) is 0 Å². The number of hydrogen-bond acceptors (Lipinski definition) is 4. The molecule has 0 aromatic rings. The van der Waals surface area contributed by atoms with E-state index in [9.17, 15) is 13.2 Å². The van der Waals surface area contributed by atoms with Gasteiger partial charge in [-0.25, -0.2) is 0 Å². The van der Waals surface area contributed by atoms with E-state index in [2.05, 4.69) is 4.43 Å². The second-order valence-corrected chi connectivity index (χ2v) is 3.22. The highest BCUT2D eigenvalue weighted by atomic mass is 28.4. The fourth-order valence-corrected chi connectivity index (χ4v) is 0.680. The van der Waals surface area contributed by atoms with Crippen LogP contribution < -0.4 is 0 Å². The molecule has 0 bridgehead atoms. The maximum Gasteiger partial charge on any atom is 0.671 e. The van der Waals surface area contributed by atoms with Crippen LogP contribution in [0.2, 0.25) is 0 Å². The predicted octanol–water partition coefficient (Wildman–Crippen LogP) is -0.632. The number of hydrogen-bond donors (Lipinski definition) is 3. The van der Waals surface area contributed by atoms with Crippen LogP contribution in [0.25, 0.3) is 0 Å². The van der Waals surface area contributed by atoms with E-state index >= 15 is 0 Å². The second kappa shape index (κ2) is 3.50. The van der Waals surface area contributed by atoms with Crippen LogP contribution in [-0.2, 0) is 4.43 Å². The number of halogens is 3. The minimum atomic E-state index is -4.76. The molecule has 3 N–H and O–H groups in total. The first kappa shape index (κ1) is 10.8. The standard InChI is InChI=1S/C3H7F3O4Si/c4-3(5,6)1-2-10-11(7,8)9/h7-9H,1-2H2. The highest BCUT2D eigenvalue weighted by Gasteiger charge is 2.34. The summed E-state index contributed by atoms with van der Waals surface area (Å²) in [6, 6.07) is 0. The van der Waals surface area contributed by atoms with Crippen molar-refractivity contribution >= 4 is 9.05 Å². The average molecular weight is 192 g/mol. The van der Waals surface area contributed by atoms with Gasteiger partial charge in [0.05, 0.1) is 6.42 Å². The summed E-state index contributed by atoms with van der Waals surface area (Å²) in [5.74, 6) is 0. The molecule has 0 aliphatic carbocycles. The number of rotatable bonds is 3. The first-order valence-electron chi connectivity index (χ1n) is 2.58. The molecule has 11 heavy (non-hydrogen) atoms. The van der Waals surface area contributed by atoms with E-state index in [1.54, 1.807) is 0 Å². The summed E-state index contributed by atoms with van der Waals surface area (Å²) in [5, 5.41) is 0. The molecular weight excluding hydrogens is 185 g/mol. The van der Waals surface area contributed by atoms with E-state index in [1.165, 1.54) is 0 Å². The van der Waals surface area contributed by atoms with Gasteiger partial charge < -0.3 is 18.8 Å². The van der Waals surface area contributed by atoms with Crippen LogP contribution in [-0.4, -0.2) is 36.2 Å². The second-order valence-electron chi connectivity index (χ2n) is 1.79. The van der Waals surface area contributed by atoms with Gasteiger partial charge in [0.25, 0.3) is 0 Å². The lowest BCUT2D eigenvalue weighted by molar-refractivity contribution is -0.143. The fourth-order valence-electron chi connectivity index (χ4n) is 0.304. The molecule has 0 aromatic carbocycles. The molecule has 0 aromatic heterocycles. The molecule has 0 heterocycles. The molecule has 0 fully saturated rings. The quantitative estimate of drug-likeness (QED) is 0.520. The van der Waals surface area contributed by atoms with Crippen LogP contribution in [0.3, 0.4) is 0 Å². The van der Waals surface area contributed by atoms with Crippen molar-refractivity contribution in [1.29, 1.82) is 0 Å². The summed E-state index contributed by atoms with van der Waals surface area (Å²) in [7, 11) is -4.76. The van der Waals surface area contributed by atoms with Crippen LogP contribution in [0.1, 0.15) is 6.42 Å². The number of alkyl halides is 3. The Labute approximate surface area is 61.3 Å². The van der Waals surface area contributed by atoms with Crippen molar-refractivity contribution in [3.8, 4) is 0 Å². The molecule has 0 rings (SSSR count). The van der Waals surface area contributed by atoms with E-state index in [4.69, 9.17) is 14.4 Å². The van der Waals surface area contributed by atoms with Gasteiger partial charge >= 0.3 is 15.2 Å². The Hall–Kier alpha value is -0.153. The Balaban J connectivity index is 3.44. The van der Waals surface area contributed by atoms with Gasteiger partial charge in [0.1, 0.15) is 0 Å². The van der Waals surface area contributed by atoms with Crippen LogP contribution in [0.15, 0.2) is 0 Å². The normalized spacial score (nSPS) is 13.6. The predicted molar refractivity (Wildman–Crippen MR) is 29.0 cm³/mol. The van der Waals surface area contributed by atoms with Gasteiger partial charge in [-0.1, -0.05) is 0 Å². The van der Waals surface area contributed by atoms with Crippen molar-refractivity contribution in [3.63, 3.8) is 0 Å². The molecule has 0 aliphatic rings. The van der Waals surface area contributed by atoms with E-state index in [-0.39, 0.29) is 0 Å². The van der Waals surface area contributed by atoms with Gasteiger partial charge in [-0.05, 0) is 0 Å². The lowest BCUT2D eigenvalue weighted by Gasteiger charge is -2.10. The molecule has 0 amide bonds. The molecule has 68 valence electrons. The maximum atomic E-state index is 11.3. The highest BCUT2D eigenvalue weighted by molar-refractivity contribution is 6.48. The van der Waals surface area contributed by atoms with Gasteiger partial charge in [0.15, 0.2) is 0 Å². The minimum Gasteiger partial charge on any atom is -0.368 e. The van der Waals surface area contributed by atoms with Crippen LogP contribution in [0, 0.1) is 0 Å². The average Bonchev–Trinajstić information content (AvgIpc) is 1.55. The fraction of sp³-hybridized carbons (Fsp3) is 1.00. The molecule has 0 atom stereocenters. The van der Waals surface area contributed by atoms with Crippen molar-refractivity contribution in [1.82, 2.24) is 0 Å². The van der Waals surface area contributed by atoms with Gasteiger partial charge in [0, 0.05) is 6.61 Å². The third-order valence-electron chi connectivity index (χ3n) is 0.681. The smallest absolute Gasteiger partial charge is 0.368 e. The molecular formula is C3H7F3O4Si. The van der Waals surface area contributed by atoms with Crippen LogP contribution in [0.5, 0.6) is 0 Å². The lowest BCUT2D eigenvalue weighted by Crippen LogP contribution is -2.39. The van der Waals surface area contributed by atoms with Gasteiger partial charge in [-0.3, -0.25) is 0 Å². The maximum absolute atomic E-state index is 11.3. The molecule has 4 nitrogen and oxygen atoms in total. The summed E-state index contributed by atoms with van der Waals surface area (Å²) in [4.78, 5) is 24.2. The summed E-state index contributed by atoms with van der Waals surface area (Å²) in [5.41, 5.74) is 0. The summed E-state index contributed by atoms with van der Waals surface area (Å²) in [6.45, 7) is -0.945. The van der Waals surface area contributed by atoms with Crippen LogP contribution in [0.4, 0.5) is 13.2 Å². The van der Waals surface area contributed by atoms with E-state index in [1.807, 2.05) is 0 Å². The first-order chi connectivity index (χ1) is 4.71. The third-order valence-corrected chi connectivity index (χ3v) is 1.27. The lowest BCUT2D eigenvalue weighted by atomic mass is 10.5. The summed E-state index contributed by atoms with van der Waals surface area (Å²) >= 11 is 0. The Morgan fingerprint density at radius 2 is 1.64 bits per heavy atom. The first-order valence-corrected chi connectivity index (χ1v) is 4.33. The zero-order valence-electron chi connectivity index (χ0n) is 5.30. The molecule has 0 unspecified atom stereocenters. The van der Waals surface area contributed by atoms with Crippen molar-refractivity contribution < 1.29 is 32.0 Å².